The van der Waals surface area contributed by atoms with Gasteiger partial charge in [-0.1, -0.05) is 23.2 Å². The van der Waals surface area contributed by atoms with E-state index in [2.05, 4.69) is 5.43 Å². The molecule has 2 aromatic carbocycles. The van der Waals surface area contributed by atoms with Gasteiger partial charge in [-0.15, -0.1) is 0 Å². The average Bonchev–Trinajstić information content (AvgIpc) is 2.50. The summed E-state index contributed by atoms with van der Waals surface area (Å²) in [4.78, 5) is 25.2. The van der Waals surface area contributed by atoms with E-state index in [0.717, 1.165) is 17.1 Å². The first-order chi connectivity index (χ1) is 11.6. The van der Waals surface area contributed by atoms with Gasteiger partial charge in [-0.2, -0.15) is 0 Å². The van der Waals surface area contributed by atoms with E-state index in [4.69, 9.17) is 23.2 Å². The van der Waals surface area contributed by atoms with Crippen molar-refractivity contribution in [2.24, 2.45) is 0 Å². The van der Waals surface area contributed by atoms with Gasteiger partial charge >= 0.3 is 0 Å². The molecule has 0 bridgehead atoms. The predicted molar refractivity (Wildman–Crippen MR) is 96.3 cm³/mol. The van der Waals surface area contributed by atoms with Crippen molar-refractivity contribution >= 4 is 35.0 Å². The number of nitrogens with zero attached hydrogens (tertiary/aromatic N) is 1. The van der Waals surface area contributed by atoms with Gasteiger partial charge in [0.2, 0.25) is 0 Å². The van der Waals surface area contributed by atoms with Crippen LogP contribution in [-0.4, -0.2) is 22.4 Å². The minimum atomic E-state index is -0.752. The van der Waals surface area contributed by atoms with Gasteiger partial charge in [0.05, 0.1) is 5.54 Å². The van der Waals surface area contributed by atoms with E-state index in [9.17, 15) is 14.0 Å². The topological polar surface area (TPSA) is 49.4 Å². The highest BCUT2D eigenvalue weighted by Crippen LogP contribution is 2.20. The zero-order chi connectivity index (χ0) is 18.8. The molecule has 0 fully saturated rings. The van der Waals surface area contributed by atoms with Crippen LogP contribution in [-0.2, 0) is 0 Å². The molecule has 0 saturated carbocycles. The molecule has 25 heavy (non-hydrogen) atoms. The summed E-state index contributed by atoms with van der Waals surface area (Å²) in [5, 5.41) is 1.74. The van der Waals surface area contributed by atoms with Crippen molar-refractivity contribution in [3.05, 3.63) is 69.5 Å². The van der Waals surface area contributed by atoms with Gasteiger partial charge in [-0.3, -0.25) is 15.0 Å². The fourth-order valence-electron chi connectivity index (χ4n) is 2.10. The van der Waals surface area contributed by atoms with E-state index < -0.39 is 23.2 Å². The summed E-state index contributed by atoms with van der Waals surface area (Å²) < 4.78 is 13.6. The Kier molecular flexibility index (Phi) is 5.70. The van der Waals surface area contributed by atoms with Crippen LogP contribution in [0.2, 0.25) is 10.0 Å². The molecule has 2 aromatic rings. The predicted octanol–water partition coefficient (Wildman–Crippen LogP) is 4.72. The summed E-state index contributed by atoms with van der Waals surface area (Å²) in [7, 11) is 0. The Hall–Kier alpha value is -2.11. The molecular weight excluding hydrogens is 366 g/mol. The summed E-state index contributed by atoms with van der Waals surface area (Å²) in [6, 6.07) is 9.76. The van der Waals surface area contributed by atoms with E-state index in [1.807, 2.05) is 0 Å². The van der Waals surface area contributed by atoms with Crippen LogP contribution >= 0.6 is 23.2 Å². The summed E-state index contributed by atoms with van der Waals surface area (Å²) in [6.45, 7) is 5.23. The lowest BCUT2D eigenvalue weighted by molar-refractivity contribution is 0.0358. The van der Waals surface area contributed by atoms with Crippen LogP contribution in [0.5, 0.6) is 0 Å². The summed E-state index contributed by atoms with van der Waals surface area (Å²) >= 11 is 11.6. The Bertz CT molecular complexity index is 781. The number of hydrazine groups is 1. The number of hydrogen-bond donors (Lipinski definition) is 1. The molecule has 0 aromatic heterocycles. The lowest BCUT2D eigenvalue weighted by Gasteiger charge is -2.35. The maximum absolute atomic E-state index is 13.6. The standard InChI is InChI=1S/C18H17Cl2FN2O2/c1-18(2,3)23(17(25)12-8-14(20)10-15(21)9-12)22-16(24)11-4-6-13(19)7-5-11/h4-10H,1-3H3,(H,22,24). The fraction of sp³-hybridized carbons (Fsp3) is 0.222. The van der Waals surface area contributed by atoms with Crippen molar-refractivity contribution in [1.82, 2.24) is 10.4 Å². The molecule has 2 amide bonds. The minimum absolute atomic E-state index is 0.0383. The smallest absolute Gasteiger partial charge is 0.267 e. The van der Waals surface area contributed by atoms with Crippen LogP contribution in [0.3, 0.4) is 0 Å². The molecule has 7 heteroatoms. The van der Waals surface area contributed by atoms with E-state index in [0.29, 0.717) is 10.6 Å². The molecule has 0 aliphatic rings. The van der Waals surface area contributed by atoms with E-state index in [1.54, 1.807) is 45.0 Å². The molecule has 0 aliphatic carbocycles. The second-order valence-electron chi connectivity index (χ2n) is 6.42. The zero-order valence-corrected chi connectivity index (χ0v) is 15.5. The maximum Gasteiger partial charge on any atom is 0.272 e. The Labute approximate surface area is 155 Å². The molecule has 0 radical (unpaired) electrons. The lowest BCUT2D eigenvalue weighted by Crippen LogP contribution is -2.55. The monoisotopic (exact) mass is 382 g/mol. The molecule has 4 nitrogen and oxygen atoms in total. The molecule has 0 saturated heterocycles. The number of hydrogen-bond acceptors (Lipinski definition) is 2. The lowest BCUT2D eigenvalue weighted by atomic mass is 10.1. The summed E-state index contributed by atoms with van der Waals surface area (Å²) in [5.74, 6) is -1.69. The Morgan fingerprint density at radius 1 is 0.960 bits per heavy atom. The van der Waals surface area contributed by atoms with Crippen LogP contribution in [0.4, 0.5) is 4.39 Å². The second kappa shape index (κ2) is 7.42. The first-order valence-electron chi connectivity index (χ1n) is 7.45. The van der Waals surface area contributed by atoms with Crippen LogP contribution < -0.4 is 5.43 Å². The highest BCUT2D eigenvalue weighted by atomic mass is 35.5. The first kappa shape index (κ1) is 19.2. The highest BCUT2D eigenvalue weighted by Gasteiger charge is 2.30. The zero-order valence-electron chi connectivity index (χ0n) is 13.9. The van der Waals surface area contributed by atoms with Gasteiger partial charge < -0.3 is 0 Å². The minimum Gasteiger partial charge on any atom is -0.267 e. The number of rotatable bonds is 2. The first-order valence-corrected chi connectivity index (χ1v) is 8.21. The maximum atomic E-state index is 13.6. The normalized spacial score (nSPS) is 11.1. The molecule has 0 unspecified atom stereocenters. The van der Waals surface area contributed by atoms with Crippen LogP contribution in [0.25, 0.3) is 0 Å². The summed E-state index contributed by atoms with van der Waals surface area (Å²) in [6.07, 6.45) is 0. The van der Waals surface area contributed by atoms with Gasteiger partial charge in [0.25, 0.3) is 11.8 Å². The largest absolute Gasteiger partial charge is 0.272 e. The van der Waals surface area contributed by atoms with Crippen LogP contribution in [0.1, 0.15) is 41.5 Å². The Morgan fingerprint density at radius 3 is 2.08 bits per heavy atom. The molecule has 132 valence electrons. The quantitative estimate of drug-likeness (QED) is 0.763. The van der Waals surface area contributed by atoms with E-state index >= 15 is 0 Å². The van der Waals surface area contributed by atoms with Gasteiger partial charge in [-0.25, -0.2) is 9.40 Å². The molecule has 0 atom stereocenters. The molecule has 1 N–H and O–H groups in total. The molecule has 2 rings (SSSR count). The van der Waals surface area contributed by atoms with Gasteiger partial charge in [-0.05, 0) is 63.2 Å². The van der Waals surface area contributed by atoms with Crippen molar-refractivity contribution < 1.29 is 14.0 Å². The number of carbonyl (C=O) groups excluding carboxylic acids is 2. The summed E-state index contributed by atoms with van der Waals surface area (Å²) in [5.41, 5.74) is 2.19. The third-order valence-corrected chi connectivity index (χ3v) is 3.77. The van der Waals surface area contributed by atoms with Crippen molar-refractivity contribution in [2.45, 2.75) is 26.3 Å². The van der Waals surface area contributed by atoms with Crippen molar-refractivity contribution in [3.8, 4) is 0 Å². The third kappa shape index (κ3) is 4.94. The SMILES string of the molecule is CC(C)(C)N(NC(=O)c1ccc(Cl)cc1)C(=O)c1cc(F)cc(Cl)c1. The number of carbonyl (C=O) groups is 2. The number of amides is 2. The van der Waals surface area contributed by atoms with Crippen LogP contribution in [0, 0.1) is 5.82 Å². The van der Waals surface area contributed by atoms with Crippen LogP contribution in [0.15, 0.2) is 42.5 Å². The van der Waals surface area contributed by atoms with Gasteiger partial charge in [0.1, 0.15) is 5.82 Å². The molecule has 0 aliphatic heterocycles. The van der Waals surface area contributed by atoms with Gasteiger partial charge in [0.15, 0.2) is 0 Å². The van der Waals surface area contributed by atoms with E-state index in [-0.39, 0.29) is 10.6 Å². The average molecular weight is 383 g/mol. The number of nitrogens with one attached hydrogen (secondary N) is 1. The van der Waals surface area contributed by atoms with Crippen molar-refractivity contribution in [1.29, 1.82) is 0 Å². The Balaban J connectivity index is 2.31. The highest BCUT2D eigenvalue weighted by molar-refractivity contribution is 6.31. The third-order valence-electron chi connectivity index (χ3n) is 3.30. The molecule has 0 heterocycles. The van der Waals surface area contributed by atoms with Crippen molar-refractivity contribution in [3.63, 3.8) is 0 Å². The number of benzene rings is 2. The molecular formula is C18H17Cl2FN2O2. The van der Waals surface area contributed by atoms with Crippen molar-refractivity contribution in [2.75, 3.05) is 0 Å². The fourth-order valence-corrected chi connectivity index (χ4v) is 2.44. The van der Waals surface area contributed by atoms with Gasteiger partial charge in [0, 0.05) is 21.2 Å². The molecule has 0 spiro atoms. The number of halogens is 3. The second-order valence-corrected chi connectivity index (χ2v) is 7.29. The Morgan fingerprint density at radius 2 is 1.56 bits per heavy atom. The van der Waals surface area contributed by atoms with E-state index in [1.165, 1.54) is 6.07 Å².